The Morgan fingerprint density at radius 3 is 2.93 bits per heavy atom. The Morgan fingerprint density at radius 1 is 1.07 bits per heavy atom. The smallest absolute Gasteiger partial charge is 0.336 e. The van der Waals surface area contributed by atoms with Gasteiger partial charge in [0.05, 0.1) is 5.52 Å². The van der Waals surface area contributed by atoms with E-state index in [9.17, 15) is 4.79 Å². The van der Waals surface area contributed by atoms with Crippen LogP contribution in [0.2, 0.25) is 0 Å². The lowest BCUT2D eigenvalue weighted by molar-refractivity contribution is 0.561. The molecule has 0 aliphatic rings. The second-order valence-electron chi connectivity index (χ2n) is 3.17. The van der Waals surface area contributed by atoms with Crippen molar-refractivity contribution in [2.24, 2.45) is 0 Å². The average molecular weight is 185 g/mol. The molecule has 0 fully saturated rings. The third-order valence-electron chi connectivity index (χ3n) is 2.32. The second kappa shape index (κ2) is 2.48. The Hall–Kier alpha value is -2.03. The number of rotatable bonds is 0. The number of fused-ring (bicyclic) bond motifs is 3. The Morgan fingerprint density at radius 2 is 2.00 bits per heavy atom. The van der Waals surface area contributed by atoms with Crippen molar-refractivity contribution in [1.82, 2.24) is 4.98 Å². The molecule has 0 saturated carbocycles. The van der Waals surface area contributed by atoms with Gasteiger partial charge in [-0.3, -0.25) is 0 Å². The van der Waals surface area contributed by atoms with Crippen LogP contribution in [0.3, 0.4) is 0 Å². The van der Waals surface area contributed by atoms with E-state index in [1.807, 2.05) is 24.4 Å². The van der Waals surface area contributed by atoms with E-state index < -0.39 is 0 Å². The maximum atomic E-state index is 11.0. The van der Waals surface area contributed by atoms with Crippen LogP contribution in [0.25, 0.3) is 21.9 Å². The summed E-state index contributed by atoms with van der Waals surface area (Å²) in [6.45, 7) is 0. The normalized spacial score (nSPS) is 11.1. The summed E-state index contributed by atoms with van der Waals surface area (Å²) in [5, 5.41) is 2.05. The molecule has 0 spiro atoms. The van der Waals surface area contributed by atoms with Crippen molar-refractivity contribution in [2.75, 3.05) is 0 Å². The maximum Gasteiger partial charge on any atom is 0.336 e. The van der Waals surface area contributed by atoms with Crippen molar-refractivity contribution in [3.63, 3.8) is 0 Å². The molecule has 0 bridgehead atoms. The SMILES string of the molecule is O=c1ccc2c(ccc3cc[nH]c32)o1. The molecule has 0 aliphatic heterocycles. The standard InChI is InChI=1S/C11H7NO2/c13-10-4-2-8-9(14-10)3-1-7-5-6-12-11(7)8/h1-6,12H. The van der Waals surface area contributed by atoms with Crippen molar-refractivity contribution in [3.8, 4) is 0 Å². The topological polar surface area (TPSA) is 46.0 Å². The Bertz CT molecular complexity index is 663. The minimum atomic E-state index is -0.316. The molecule has 68 valence electrons. The van der Waals surface area contributed by atoms with Gasteiger partial charge in [-0.15, -0.1) is 0 Å². The van der Waals surface area contributed by atoms with Gasteiger partial charge in [0.1, 0.15) is 5.58 Å². The highest BCUT2D eigenvalue weighted by Gasteiger charge is 2.02. The molecule has 14 heavy (non-hydrogen) atoms. The Balaban J connectivity index is 2.63. The largest absolute Gasteiger partial charge is 0.423 e. The van der Waals surface area contributed by atoms with E-state index >= 15 is 0 Å². The Labute approximate surface area is 79.0 Å². The molecule has 3 aromatic rings. The van der Waals surface area contributed by atoms with Crippen LogP contribution in [0.1, 0.15) is 0 Å². The van der Waals surface area contributed by atoms with Crippen LogP contribution in [0.4, 0.5) is 0 Å². The summed E-state index contributed by atoms with van der Waals surface area (Å²) < 4.78 is 5.06. The minimum absolute atomic E-state index is 0.316. The van der Waals surface area contributed by atoms with Crippen molar-refractivity contribution >= 4 is 21.9 Å². The van der Waals surface area contributed by atoms with Gasteiger partial charge in [-0.05, 0) is 24.3 Å². The molecule has 1 aromatic carbocycles. The predicted molar refractivity (Wildman–Crippen MR) is 54.3 cm³/mol. The lowest BCUT2D eigenvalue weighted by Gasteiger charge is -1.96. The van der Waals surface area contributed by atoms with Crippen LogP contribution < -0.4 is 5.63 Å². The second-order valence-corrected chi connectivity index (χ2v) is 3.17. The lowest BCUT2D eigenvalue weighted by Crippen LogP contribution is -1.94. The van der Waals surface area contributed by atoms with Crippen LogP contribution in [0.5, 0.6) is 0 Å². The summed E-state index contributed by atoms with van der Waals surface area (Å²) >= 11 is 0. The highest BCUT2D eigenvalue weighted by atomic mass is 16.4. The van der Waals surface area contributed by atoms with Gasteiger partial charge in [0.2, 0.25) is 0 Å². The summed E-state index contributed by atoms with van der Waals surface area (Å²) in [4.78, 5) is 14.1. The van der Waals surface area contributed by atoms with Crippen molar-refractivity contribution < 1.29 is 4.42 Å². The maximum absolute atomic E-state index is 11.0. The van der Waals surface area contributed by atoms with E-state index in [-0.39, 0.29) is 5.63 Å². The van der Waals surface area contributed by atoms with Gasteiger partial charge in [-0.2, -0.15) is 0 Å². The van der Waals surface area contributed by atoms with Gasteiger partial charge in [-0.1, -0.05) is 0 Å². The quantitative estimate of drug-likeness (QED) is 0.546. The Kier molecular flexibility index (Phi) is 1.31. The molecule has 0 unspecified atom stereocenters. The highest BCUT2D eigenvalue weighted by molar-refractivity contribution is 6.03. The number of nitrogens with one attached hydrogen (secondary N) is 1. The first kappa shape index (κ1) is 7.38. The molecule has 1 N–H and O–H groups in total. The molecular formula is C11H7NO2. The van der Waals surface area contributed by atoms with Crippen LogP contribution in [-0.4, -0.2) is 4.98 Å². The van der Waals surface area contributed by atoms with Gasteiger partial charge in [0, 0.05) is 23.0 Å². The molecule has 2 heterocycles. The molecule has 0 saturated heterocycles. The van der Waals surface area contributed by atoms with Crippen LogP contribution in [-0.2, 0) is 0 Å². The molecule has 0 aliphatic carbocycles. The van der Waals surface area contributed by atoms with E-state index in [0.717, 1.165) is 16.3 Å². The van der Waals surface area contributed by atoms with E-state index in [4.69, 9.17) is 4.42 Å². The summed E-state index contributed by atoms with van der Waals surface area (Å²) in [5.74, 6) is 0. The number of H-pyrrole nitrogens is 1. The zero-order chi connectivity index (χ0) is 9.54. The van der Waals surface area contributed by atoms with Crippen LogP contribution in [0.15, 0.2) is 45.7 Å². The van der Waals surface area contributed by atoms with Crippen LogP contribution >= 0.6 is 0 Å². The summed E-state index contributed by atoms with van der Waals surface area (Å²) in [6.07, 6.45) is 1.87. The fourth-order valence-corrected chi connectivity index (χ4v) is 1.68. The van der Waals surface area contributed by atoms with Crippen molar-refractivity contribution in [2.45, 2.75) is 0 Å². The fourth-order valence-electron chi connectivity index (χ4n) is 1.68. The first-order chi connectivity index (χ1) is 6.84. The van der Waals surface area contributed by atoms with E-state index in [0.29, 0.717) is 5.58 Å². The molecule has 0 amide bonds. The molecule has 0 atom stereocenters. The number of hydrogen-bond acceptors (Lipinski definition) is 2. The fraction of sp³-hybridized carbons (Fsp3) is 0. The van der Waals surface area contributed by atoms with Crippen LogP contribution in [0, 0.1) is 0 Å². The lowest BCUT2D eigenvalue weighted by atomic mass is 10.2. The number of hydrogen-bond donors (Lipinski definition) is 1. The highest BCUT2D eigenvalue weighted by Crippen LogP contribution is 2.22. The van der Waals surface area contributed by atoms with Crippen molar-refractivity contribution in [1.29, 1.82) is 0 Å². The predicted octanol–water partition coefficient (Wildman–Crippen LogP) is 2.27. The minimum Gasteiger partial charge on any atom is -0.423 e. The number of aromatic amines is 1. The molecule has 3 nitrogen and oxygen atoms in total. The van der Waals surface area contributed by atoms with Gasteiger partial charge in [-0.25, -0.2) is 4.79 Å². The number of benzene rings is 1. The molecule has 3 heteroatoms. The molecule has 2 aromatic heterocycles. The molecular weight excluding hydrogens is 178 g/mol. The average Bonchev–Trinajstić information content (AvgIpc) is 2.65. The third-order valence-corrected chi connectivity index (χ3v) is 2.32. The first-order valence-corrected chi connectivity index (χ1v) is 4.34. The van der Waals surface area contributed by atoms with E-state index in [1.54, 1.807) is 6.07 Å². The first-order valence-electron chi connectivity index (χ1n) is 4.34. The van der Waals surface area contributed by atoms with Gasteiger partial charge in [0.25, 0.3) is 0 Å². The zero-order valence-electron chi connectivity index (χ0n) is 7.28. The third kappa shape index (κ3) is 0.893. The van der Waals surface area contributed by atoms with E-state index in [1.165, 1.54) is 6.07 Å². The molecule has 3 rings (SSSR count). The zero-order valence-corrected chi connectivity index (χ0v) is 7.28. The number of aromatic nitrogens is 1. The molecule has 0 radical (unpaired) electrons. The van der Waals surface area contributed by atoms with Gasteiger partial charge >= 0.3 is 5.63 Å². The van der Waals surface area contributed by atoms with Gasteiger partial charge in [0.15, 0.2) is 0 Å². The summed E-state index contributed by atoms with van der Waals surface area (Å²) in [7, 11) is 0. The van der Waals surface area contributed by atoms with Gasteiger partial charge < -0.3 is 9.40 Å². The summed E-state index contributed by atoms with van der Waals surface area (Å²) in [5.41, 5.74) is 1.31. The van der Waals surface area contributed by atoms with Crippen molar-refractivity contribution in [3.05, 3.63) is 46.9 Å². The van der Waals surface area contributed by atoms with E-state index in [2.05, 4.69) is 4.98 Å². The monoisotopic (exact) mass is 185 g/mol. The summed E-state index contributed by atoms with van der Waals surface area (Å²) in [6, 6.07) is 8.94.